The van der Waals surface area contributed by atoms with Crippen LogP contribution in [0, 0.1) is 41.5 Å². The molecule has 1 N–H and O–H groups in total. The second-order valence-corrected chi connectivity index (χ2v) is 27.4. The van der Waals surface area contributed by atoms with Gasteiger partial charge in [0.1, 0.15) is 34.5 Å². The molecule has 0 unspecified atom stereocenters. The van der Waals surface area contributed by atoms with Gasteiger partial charge in [-0.05, 0) is 222 Å². The lowest BCUT2D eigenvalue weighted by Gasteiger charge is -2.45. The summed E-state index contributed by atoms with van der Waals surface area (Å²) in [5, 5.41) is 3.74. The number of anilines is 17. The summed E-state index contributed by atoms with van der Waals surface area (Å²) in [5.74, 6) is 1.10. The van der Waals surface area contributed by atoms with E-state index in [2.05, 4.69) is 17.4 Å². The topological polar surface area (TPSA) is 55.9 Å². The van der Waals surface area contributed by atoms with Gasteiger partial charge < -0.3 is 44.0 Å². The van der Waals surface area contributed by atoms with E-state index >= 15 is 0 Å². The number of nitrogens with zero attached hydrogens (tertiary/aromatic N) is 5. The Kier molecular flexibility index (Phi) is 9.06. The van der Waals surface area contributed by atoms with Crippen LogP contribution in [-0.4, -0.2) is 20.1 Å². The van der Waals surface area contributed by atoms with Gasteiger partial charge in [0.05, 0.1) is 69.6 Å². The minimum atomic E-state index is -1.05. The van der Waals surface area contributed by atoms with Crippen LogP contribution in [-0.2, 0) is 0 Å². The van der Waals surface area contributed by atoms with Crippen molar-refractivity contribution in [2.75, 3.05) is 29.8 Å². The third-order valence-electron chi connectivity index (χ3n) is 20.9. The van der Waals surface area contributed by atoms with E-state index in [9.17, 15) is 21.9 Å². The maximum atomic E-state index is 9.86. The minimum absolute atomic E-state index is 0.0253. The van der Waals surface area contributed by atoms with E-state index in [1.165, 1.54) is 12.1 Å². The zero-order chi connectivity index (χ0) is 98.3. The van der Waals surface area contributed by atoms with Crippen LogP contribution >= 0.6 is 0 Å². The highest BCUT2D eigenvalue weighted by atomic mass is 16.5. The molecule has 0 spiro atoms. The molecule has 512 valence electrons. The standard InChI is InChI=1S/C96H71B3N6O3/c1-59-45-61(3)95(62(4)46-59)104-82-57-80-76(97-74-41-25-27-43-86(74)106-89-52-71(49-81(100-80)92(89)97)101(65-29-13-7-14-30-65)66-31-15-8-16-32-66)55-77(82)99-79-56-78-83(58-88(79)108-91-54-73(51-85(104)94(91)99)103(69-37-21-11-22-38-69)70-39-23-12-24-40-70)105(96-63(5)47-60(2)48-64(96)6)84-50-72(53-90-93(84)98(78)75-42-26-28-44-87(75)107-90)102(67-33-17-9-18-34-67)68-35-19-10-20-36-68/h7-58,100H,1-6H3/i7D,8D,9D,10D,11D,12D,13D,14D,15D,16D,17D,18D,19D,20D,21D,22D,23D,24D,29D,30D,31D,32D,33D,34D,35D,36D,37D,38D,39D,40D. The Morgan fingerprint density at radius 1 is 0.278 bits per heavy atom. The number of para-hydroxylation sites is 8. The summed E-state index contributed by atoms with van der Waals surface area (Å²) in [6.07, 6.45) is 0. The van der Waals surface area contributed by atoms with Gasteiger partial charge >= 0.3 is 0 Å². The highest BCUT2D eigenvalue weighted by molar-refractivity contribution is 7.03. The first-order chi connectivity index (χ1) is 65.4. The van der Waals surface area contributed by atoms with Crippen molar-refractivity contribution in [3.8, 4) is 34.5 Å². The smallest absolute Gasteiger partial charge is 0.256 e. The summed E-state index contributed by atoms with van der Waals surface area (Å²) in [6, 6.07) is 15.8. The van der Waals surface area contributed by atoms with E-state index in [1.54, 1.807) is 48.5 Å². The van der Waals surface area contributed by atoms with Crippen LogP contribution in [0.5, 0.6) is 34.5 Å². The fraction of sp³-hybridized carbons (Fsp3) is 0.0625. The quantitative estimate of drug-likeness (QED) is 0.128. The van der Waals surface area contributed by atoms with Crippen LogP contribution < -0.4 is 93.2 Å². The summed E-state index contributed by atoms with van der Waals surface area (Å²) in [4.78, 5) is 7.13. The third kappa shape index (κ3) is 9.89. The van der Waals surface area contributed by atoms with Crippen LogP contribution in [0.1, 0.15) is 74.5 Å². The number of ether oxygens (including phenoxy) is 3. The largest absolute Gasteiger partial charge is 0.458 e. The van der Waals surface area contributed by atoms with E-state index in [4.69, 9.17) is 33.4 Å². The van der Waals surface area contributed by atoms with Crippen molar-refractivity contribution in [2.45, 2.75) is 41.5 Å². The predicted molar refractivity (Wildman–Crippen MR) is 452 cm³/mol. The van der Waals surface area contributed by atoms with Crippen molar-refractivity contribution < 1.29 is 55.3 Å². The zero-order valence-electron chi connectivity index (χ0n) is 88.4. The maximum absolute atomic E-state index is 9.86. The summed E-state index contributed by atoms with van der Waals surface area (Å²) in [5.41, 5.74) is 9.00. The number of aryl methyl sites for hydroxylation is 6. The summed E-state index contributed by atoms with van der Waals surface area (Å²) in [6.45, 7) is 8.77. The van der Waals surface area contributed by atoms with Gasteiger partial charge in [0.25, 0.3) is 20.1 Å². The first-order valence-electron chi connectivity index (χ1n) is 49.9. The molecular weight excluding hydrogens is 1320 g/mol. The third-order valence-corrected chi connectivity index (χ3v) is 20.9. The molecule has 0 saturated heterocycles. The molecule has 0 radical (unpaired) electrons. The summed E-state index contributed by atoms with van der Waals surface area (Å²) < 4.78 is 301. The van der Waals surface area contributed by atoms with Gasteiger partial charge in [-0.1, -0.05) is 193 Å². The molecule has 0 atom stereocenters. The molecule has 0 aromatic heterocycles. The fourth-order valence-electron chi connectivity index (χ4n) is 17.1. The zero-order valence-corrected chi connectivity index (χ0v) is 58.4. The van der Waals surface area contributed by atoms with Gasteiger partial charge in [0, 0.05) is 92.5 Å². The number of benzene rings is 15. The number of hydrogen-bond acceptors (Lipinski definition) is 9. The second-order valence-electron chi connectivity index (χ2n) is 27.4. The van der Waals surface area contributed by atoms with Crippen molar-refractivity contribution in [1.82, 2.24) is 0 Å². The van der Waals surface area contributed by atoms with Crippen LogP contribution in [0.2, 0.25) is 0 Å². The Balaban J connectivity index is 0.894. The Morgan fingerprint density at radius 2 is 0.611 bits per heavy atom. The lowest BCUT2D eigenvalue weighted by molar-refractivity contribution is 0.487. The average Bonchev–Trinajstić information content (AvgIpc) is 0.681. The van der Waals surface area contributed by atoms with Crippen LogP contribution in [0.25, 0.3) is 0 Å². The molecule has 0 bridgehead atoms. The molecule has 0 aliphatic carbocycles. The first kappa shape index (κ1) is 39.7. The van der Waals surface area contributed by atoms with Gasteiger partial charge in [-0.3, -0.25) is 0 Å². The molecular formula is C96H71B3N6O3. The second kappa shape index (κ2) is 24.7. The van der Waals surface area contributed by atoms with Crippen molar-refractivity contribution in [3.05, 3.63) is 348 Å². The van der Waals surface area contributed by atoms with Crippen LogP contribution in [0.3, 0.4) is 0 Å². The van der Waals surface area contributed by atoms with Crippen LogP contribution in [0.4, 0.5) is 96.7 Å². The summed E-state index contributed by atoms with van der Waals surface area (Å²) >= 11 is 0. The maximum Gasteiger partial charge on any atom is 0.256 e. The summed E-state index contributed by atoms with van der Waals surface area (Å²) in [7, 11) is 0. The Morgan fingerprint density at radius 3 is 1.02 bits per heavy atom. The Bertz CT molecular complexity index is 7750. The molecule has 12 heteroatoms. The highest BCUT2D eigenvalue weighted by Crippen LogP contribution is 2.53. The molecule has 15 aromatic carbocycles. The van der Waals surface area contributed by atoms with Gasteiger partial charge in [0.2, 0.25) is 0 Å². The van der Waals surface area contributed by atoms with Crippen LogP contribution in [0.15, 0.2) is 315 Å². The van der Waals surface area contributed by atoms with Crippen molar-refractivity contribution >= 4 is 166 Å². The minimum Gasteiger partial charge on any atom is -0.458 e. The molecule has 21 rings (SSSR count). The number of fused-ring (bicyclic) bond motifs is 12. The molecule has 15 aromatic rings. The number of rotatable bonds is 11. The lowest BCUT2D eigenvalue weighted by Crippen LogP contribution is -2.65. The van der Waals surface area contributed by atoms with Crippen molar-refractivity contribution in [2.24, 2.45) is 0 Å². The SMILES string of the molecule is [2H]c1c([2H])c([2H])c(N(c2cc3c4c(c2)Oc2ccccc2B4c2cc4c(cc2N3)N(c2c(C)cc(C)cc2C)c2cc(N(c3c([2H])c([2H])c([2H])c([2H])c3[2H])c3c([2H])c([2H])c([2H])c([2H])c3[2H])cc3c2B4c2cc4c(cc2O3)N(c2c(C)cc(C)cc2C)c2cc(N(c3c([2H])c([2H])c([2H])c([2H])c3[2H])c3c([2H])c([2H])c([2H])c([2H])c3[2H])cc3c2B4c2ccccc2O3)c2c([2H])c([2H])c([2H])c([2H])c2[2H])c([2H])c1[2H]. The van der Waals surface area contributed by atoms with E-state index < -0.39 is 236 Å². The van der Waals surface area contributed by atoms with Gasteiger partial charge in [-0.2, -0.15) is 0 Å². The van der Waals surface area contributed by atoms with Crippen molar-refractivity contribution in [1.29, 1.82) is 0 Å². The Labute approximate surface area is 673 Å². The molecule has 6 heterocycles. The molecule has 0 amide bonds. The number of hydrogen-bond donors (Lipinski definition) is 1. The Hall–Kier alpha value is -13.3. The predicted octanol–water partition coefficient (Wildman–Crippen LogP) is 19.4. The molecule has 6 aliphatic rings. The monoisotopic (exact) mass is 1420 g/mol. The highest BCUT2D eigenvalue weighted by Gasteiger charge is 2.50. The number of nitrogens with one attached hydrogen (secondary N) is 1. The molecule has 0 fully saturated rings. The van der Waals surface area contributed by atoms with E-state index in [-0.39, 0.29) is 51.4 Å². The first-order valence-corrected chi connectivity index (χ1v) is 34.9. The normalized spacial score (nSPS) is 17.0. The van der Waals surface area contributed by atoms with E-state index in [1.807, 2.05) is 112 Å². The molecule has 6 aliphatic heterocycles. The van der Waals surface area contributed by atoms with E-state index in [0.29, 0.717) is 117 Å². The van der Waals surface area contributed by atoms with E-state index in [0.717, 1.165) is 25.8 Å². The average molecular weight is 1420 g/mol. The lowest BCUT2D eigenvalue weighted by atomic mass is 9.29. The fourth-order valence-corrected chi connectivity index (χ4v) is 17.1. The molecule has 9 nitrogen and oxygen atoms in total. The molecule has 0 saturated carbocycles. The van der Waals surface area contributed by atoms with Gasteiger partial charge in [0.15, 0.2) is 0 Å². The molecule has 108 heavy (non-hydrogen) atoms. The van der Waals surface area contributed by atoms with Gasteiger partial charge in [-0.25, -0.2) is 0 Å². The van der Waals surface area contributed by atoms with Crippen molar-refractivity contribution in [3.63, 3.8) is 0 Å². The van der Waals surface area contributed by atoms with Gasteiger partial charge in [-0.15, -0.1) is 0 Å².